The van der Waals surface area contributed by atoms with Crippen LogP contribution in [0, 0.1) is 0 Å². The van der Waals surface area contributed by atoms with Crippen LogP contribution in [-0.4, -0.2) is 6.18 Å². The van der Waals surface area contributed by atoms with E-state index in [9.17, 15) is 13.2 Å². The van der Waals surface area contributed by atoms with Crippen molar-refractivity contribution in [3.8, 4) is 0 Å². The van der Waals surface area contributed by atoms with Gasteiger partial charge in [-0.2, -0.15) is 24.5 Å². The quantitative estimate of drug-likeness (QED) is 0.732. The average Bonchev–Trinajstić information content (AvgIpc) is 2.34. The Morgan fingerprint density at radius 1 is 1.42 bits per heavy atom. The van der Waals surface area contributed by atoms with Crippen LogP contribution in [0.2, 0.25) is 0 Å². The maximum absolute atomic E-state index is 12.3. The summed E-state index contributed by atoms with van der Waals surface area (Å²) in [6, 6.07) is 1.39. The van der Waals surface area contributed by atoms with Crippen molar-refractivity contribution in [3.05, 3.63) is 22.4 Å². The molecule has 0 bridgehead atoms. The molecule has 0 saturated heterocycles. The lowest BCUT2D eigenvalue weighted by Gasteiger charge is -2.26. The van der Waals surface area contributed by atoms with E-state index in [-0.39, 0.29) is 5.56 Å². The van der Waals surface area contributed by atoms with Gasteiger partial charge in [-0.15, -0.1) is 0 Å². The van der Waals surface area contributed by atoms with Gasteiger partial charge in [0.1, 0.15) is 5.54 Å². The number of halogens is 3. The zero-order valence-corrected chi connectivity index (χ0v) is 7.17. The summed E-state index contributed by atoms with van der Waals surface area (Å²) < 4.78 is 36.8. The van der Waals surface area contributed by atoms with E-state index >= 15 is 0 Å². The highest BCUT2D eigenvalue weighted by atomic mass is 32.1. The summed E-state index contributed by atoms with van der Waals surface area (Å²) in [6.07, 6.45) is -4.39. The first-order chi connectivity index (χ1) is 5.36. The lowest BCUT2D eigenvalue weighted by molar-refractivity contribution is -0.184. The normalized spacial score (nSPS) is 17.4. The highest BCUT2D eigenvalue weighted by Crippen LogP contribution is 2.36. The van der Waals surface area contributed by atoms with Crippen LogP contribution < -0.4 is 5.73 Å². The van der Waals surface area contributed by atoms with Crippen LogP contribution in [0.1, 0.15) is 12.5 Å². The molecule has 5 heteroatoms. The molecule has 68 valence electrons. The Kier molecular flexibility index (Phi) is 2.18. The van der Waals surface area contributed by atoms with Crippen LogP contribution >= 0.6 is 11.3 Å². The molecular formula is C7H8F3NS. The molecule has 1 atom stereocenters. The molecule has 0 aliphatic rings. The highest BCUT2D eigenvalue weighted by molar-refractivity contribution is 7.08. The van der Waals surface area contributed by atoms with Crippen molar-refractivity contribution in [1.82, 2.24) is 0 Å². The standard InChI is InChI=1S/C7H8F3NS/c1-6(11,7(8,9)10)5-2-3-12-4-5/h2-4H,11H2,1H3/t6-/m1/s1. The molecule has 0 aromatic carbocycles. The van der Waals surface area contributed by atoms with Crippen LogP contribution in [-0.2, 0) is 5.54 Å². The number of alkyl halides is 3. The van der Waals surface area contributed by atoms with E-state index in [4.69, 9.17) is 5.73 Å². The lowest BCUT2D eigenvalue weighted by Crippen LogP contribution is -2.47. The Hall–Kier alpha value is -0.550. The molecule has 0 unspecified atom stereocenters. The summed E-state index contributed by atoms with van der Waals surface area (Å²) >= 11 is 1.20. The van der Waals surface area contributed by atoms with Crippen LogP contribution in [0.4, 0.5) is 13.2 Å². The summed E-state index contributed by atoms with van der Waals surface area (Å²) in [4.78, 5) is 0. The Morgan fingerprint density at radius 2 is 2.00 bits per heavy atom. The SMILES string of the molecule is C[C@@](N)(c1ccsc1)C(F)(F)F. The third kappa shape index (κ3) is 1.47. The molecule has 1 heterocycles. The number of rotatable bonds is 1. The zero-order valence-electron chi connectivity index (χ0n) is 6.35. The number of thiophene rings is 1. The summed E-state index contributed by atoms with van der Waals surface area (Å²) in [7, 11) is 0. The van der Waals surface area contributed by atoms with Crippen molar-refractivity contribution in [2.45, 2.75) is 18.6 Å². The fourth-order valence-corrected chi connectivity index (χ4v) is 1.50. The van der Waals surface area contributed by atoms with Gasteiger partial charge in [0.2, 0.25) is 0 Å². The van der Waals surface area contributed by atoms with E-state index in [1.807, 2.05) is 0 Å². The fourth-order valence-electron chi connectivity index (χ4n) is 0.724. The molecule has 12 heavy (non-hydrogen) atoms. The predicted octanol–water partition coefficient (Wildman–Crippen LogP) is 2.48. The smallest absolute Gasteiger partial charge is 0.314 e. The Morgan fingerprint density at radius 3 is 2.33 bits per heavy atom. The van der Waals surface area contributed by atoms with Crippen LogP contribution in [0.3, 0.4) is 0 Å². The number of hydrogen-bond acceptors (Lipinski definition) is 2. The minimum atomic E-state index is -4.39. The molecule has 0 radical (unpaired) electrons. The minimum absolute atomic E-state index is 0.111. The van der Waals surface area contributed by atoms with E-state index in [0.29, 0.717) is 0 Å². The van der Waals surface area contributed by atoms with Gasteiger partial charge in [-0.3, -0.25) is 0 Å². The van der Waals surface area contributed by atoms with Gasteiger partial charge < -0.3 is 5.73 Å². The minimum Gasteiger partial charge on any atom is -0.314 e. The summed E-state index contributed by atoms with van der Waals surface area (Å²) in [5, 5.41) is 2.99. The van der Waals surface area contributed by atoms with Gasteiger partial charge >= 0.3 is 6.18 Å². The number of hydrogen-bond donors (Lipinski definition) is 1. The summed E-state index contributed by atoms with van der Waals surface area (Å²) in [6.45, 7) is 0.967. The van der Waals surface area contributed by atoms with Crippen LogP contribution in [0.15, 0.2) is 16.8 Å². The molecule has 2 N–H and O–H groups in total. The van der Waals surface area contributed by atoms with E-state index in [1.165, 1.54) is 22.8 Å². The van der Waals surface area contributed by atoms with Gasteiger partial charge in [-0.25, -0.2) is 0 Å². The molecule has 0 spiro atoms. The summed E-state index contributed by atoms with van der Waals surface area (Å²) in [5.41, 5.74) is 3.02. The van der Waals surface area contributed by atoms with Crippen molar-refractivity contribution < 1.29 is 13.2 Å². The third-order valence-electron chi connectivity index (χ3n) is 1.71. The Balaban J connectivity index is 3.02. The van der Waals surface area contributed by atoms with Crippen molar-refractivity contribution in [2.75, 3.05) is 0 Å². The molecule has 1 aromatic heterocycles. The monoisotopic (exact) mass is 195 g/mol. The van der Waals surface area contributed by atoms with Gasteiger partial charge in [0.05, 0.1) is 0 Å². The van der Waals surface area contributed by atoms with Crippen molar-refractivity contribution in [1.29, 1.82) is 0 Å². The second-order valence-electron chi connectivity index (χ2n) is 2.71. The fraction of sp³-hybridized carbons (Fsp3) is 0.429. The Bertz CT molecular complexity index is 250. The second kappa shape index (κ2) is 2.74. The molecule has 0 aliphatic carbocycles. The van der Waals surface area contributed by atoms with Gasteiger partial charge in [0, 0.05) is 0 Å². The van der Waals surface area contributed by atoms with Gasteiger partial charge in [-0.1, -0.05) is 0 Å². The third-order valence-corrected chi connectivity index (χ3v) is 2.39. The van der Waals surface area contributed by atoms with Crippen molar-refractivity contribution in [3.63, 3.8) is 0 Å². The van der Waals surface area contributed by atoms with E-state index in [0.717, 1.165) is 6.92 Å². The zero-order chi connectivity index (χ0) is 9.41. The maximum Gasteiger partial charge on any atom is 0.410 e. The molecule has 1 nitrogen and oxygen atoms in total. The molecule has 0 fully saturated rings. The van der Waals surface area contributed by atoms with Gasteiger partial charge in [-0.05, 0) is 29.3 Å². The largest absolute Gasteiger partial charge is 0.410 e. The first kappa shape index (κ1) is 9.54. The van der Waals surface area contributed by atoms with E-state index in [2.05, 4.69) is 0 Å². The topological polar surface area (TPSA) is 26.0 Å². The Labute approximate surface area is 72.0 Å². The van der Waals surface area contributed by atoms with Crippen molar-refractivity contribution >= 4 is 11.3 Å². The van der Waals surface area contributed by atoms with E-state index in [1.54, 1.807) is 5.38 Å². The van der Waals surface area contributed by atoms with E-state index < -0.39 is 11.7 Å². The molecule has 1 rings (SSSR count). The average molecular weight is 195 g/mol. The second-order valence-corrected chi connectivity index (χ2v) is 3.49. The first-order valence-corrected chi connectivity index (χ1v) is 4.18. The molecule has 0 amide bonds. The molecule has 0 aliphatic heterocycles. The van der Waals surface area contributed by atoms with Crippen molar-refractivity contribution in [2.24, 2.45) is 5.73 Å². The maximum atomic E-state index is 12.3. The predicted molar refractivity (Wildman–Crippen MR) is 41.9 cm³/mol. The highest BCUT2D eigenvalue weighted by Gasteiger charge is 2.49. The first-order valence-electron chi connectivity index (χ1n) is 3.24. The lowest BCUT2D eigenvalue weighted by atomic mass is 9.96. The molecular weight excluding hydrogens is 187 g/mol. The van der Waals surface area contributed by atoms with Gasteiger partial charge in [0.25, 0.3) is 0 Å². The van der Waals surface area contributed by atoms with Crippen LogP contribution in [0.25, 0.3) is 0 Å². The molecule has 0 saturated carbocycles. The number of nitrogens with two attached hydrogens (primary N) is 1. The van der Waals surface area contributed by atoms with Gasteiger partial charge in [0.15, 0.2) is 0 Å². The van der Waals surface area contributed by atoms with Crippen LogP contribution in [0.5, 0.6) is 0 Å². The summed E-state index contributed by atoms with van der Waals surface area (Å²) in [5.74, 6) is 0. The molecule has 1 aromatic rings.